The van der Waals surface area contributed by atoms with Gasteiger partial charge in [-0.05, 0) is 13.8 Å². The number of rotatable bonds is 4. The Balaban J connectivity index is 0. The van der Waals surface area contributed by atoms with Crippen LogP contribution in [0.1, 0.15) is 13.8 Å². The molecule has 3 N–H and O–H groups in total. The number of quaternary nitrogens is 1. The number of nitrogens with one attached hydrogen (secondary N) is 1. The first kappa shape index (κ1) is 15.3. The molecule has 0 saturated carbocycles. The van der Waals surface area contributed by atoms with Gasteiger partial charge in [0, 0.05) is 0 Å². The average molecular weight is 214 g/mol. The van der Waals surface area contributed by atoms with E-state index in [0.717, 1.165) is 19.6 Å². The molecule has 0 saturated heterocycles. The molecule has 0 bridgehead atoms. The van der Waals surface area contributed by atoms with Gasteiger partial charge < -0.3 is 10.0 Å². The van der Waals surface area contributed by atoms with Gasteiger partial charge in [0.05, 0.1) is 26.0 Å². The molecule has 0 rings (SSSR count). The van der Waals surface area contributed by atoms with Crippen molar-refractivity contribution >= 4 is 10.1 Å². The molecule has 0 heterocycles. The topological polar surface area (TPSA) is 79.0 Å². The van der Waals surface area contributed by atoms with Crippen LogP contribution in [0.5, 0.6) is 0 Å². The van der Waals surface area contributed by atoms with Crippen LogP contribution in [0, 0.1) is 0 Å². The van der Waals surface area contributed by atoms with Gasteiger partial charge in [-0.15, -0.1) is 0 Å². The summed E-state index contributed by atoms with van der Waals surface area (Å²) in [6.07, 6.45) is 0.715. The van der Waals surface area contributed by atoms with Crippen molar-refractivity contribution in [3.63, 3.8) is 0 Å². The van der Waals surface area contributed by atoms with E-state index in [9.17, 15) is 8.42 Å². The first-order chi connectivity index (χ1) is 5.85. The molecule has 5 nitrogen and oxygen atoms in total. The van der Waals surface area contributed by atoms with E-state index >= 15 is 0 Å². The quantitative estimate of drug-likeness (QED) is 0.493. The predicted molar refractivity (Wildman–Crippen MR) is 51.5 cm³/mol. The second-order valence-corrected chi connectivity index (χ2v) is 4.13. The van der Waals surface area contributed by atoms with E-state index in [1.807, 2.05) is 0 Å². The molecule has 0 fully saturated rings. The van der Waals surface area contributed by atoms with Gasteiger partial charge in [0.1, 0.15) is 6.54 Å². The molecule has 13 heavy (non-hydrogen) atoms. The zero-order valence-corrected chi connectivity index (χ0v) is 9.26. The van der Waals surface area contributed by atoms with Crippen LogP contribution in [0.15, 0.2) is 0 Å². The number of hydrogen-bond donors (Lipinski definition) is 3. The fourth-order valence-corrected chi connectivity index (χ4v) is 0.762. The van der Waals surface area contributed by atoms with Gasteiger partial charge in [-0.3, -0.25) is 4.55 Å². The molecule has 6 heteroatoms. The molecule has 82 valence electrons. The Hall–Kier alpha value is -0.170. The van der Waals surface area contributed by atoms with E-state index in [1.54, 1.807) is 0 Å². The largest absolute Gasteiger partial charge is 0.391 e. The lowest BCUT2D eigenvalue weighted by Crippen LogP contribution is -3.11. The summed E-state index contributed by atoms with van der Waals surface area (Å²) in [6.45, 7) is 7.72. The van der Waals surface area contributed by atoms with Crippen molar-refractivity contribution in [2.75, 3.05) is 32.5 Å². The minimum absolute atomic E-state index is 0.316. The Morgan fingerprint density at radius 1 is 1.23 bits per heavy atom. The number of likely N-dealkylation sites (N-methyl/N-ethyl adjacent to an activating group) is 1. The summed E-state index contributed by atoms with van der Waals surface area (Å²) in [5.41, 5.74) is 0. The van der Waals surface area contributed by atoms with Crippen molar-refractivity contribution in [1.82, 2.24) is 0 Å². The Morgan fingerprint density at radius 2 is 1.54 bits per heavy atom. The van der Waals surface area contributed by atoms with E-state index < -0.39 is 10.1 Å². The highest BCUT2D eigenvalue weighted by molar-refractivity contribution is 7.85. The number of hydrogen-bond acceptors (Lipinski definition) is 3. The molecular weight excluding hydrogens is 194 g/mol. The molecule has 0 aromatic carbocycles. The monoisotopic (exact) mass is 214 g/mol. The Kier molecular flexibility index (Phi) is 9.93. The highest BCUT2D eigenvalue weighted by Gasteiger charge is 1.97. The average Bonchev–Trinajstić information content (AvgIpc) is 1.97. The first-order valence-electron chi connectivity index (χ1n) is 4.22. The highest BCUT2D eigenvalue weighted by Crippen LogP contribution is 1.60. The van der Waals surface area contributed by atoms with Crippen molar-refractivity contribution in [1.29, 1.82) is 0 Å². The first-order valence-corrected chi connectivity index (χ1v) is 6.06. The third-order valence-electron chi connectivity index (χ3n) is 1.47. The third kappa shape index (κ3) is 24.5. The molecule has 0 aliphatic carbocycles. The van der Waals surface area contributed by atoms with E-state index in [4.69, 9.17) is 9.66 Å². The van der Waals surface area contributed by atoms with Gasteiger partial charge in [-0.1, -0.05) is 0 Å². The van der Waals surface area contributed by atoms with Gasteiger partial charge in [0.2, 0.25) is 0 Å². The van der Waals surface area contributed by atoms with Gasteiger partial charge >= 0.3 is 0 Å². The lowest BCUT2D eigenvalue weighted by atomic mass is 10.5. The standard InChI is InChI=1S/C6H15NO.CH4O3S/c1-3-7(4-2)5-6-8;1-5(2,3)4/h8H,3-6H2,1-2H3;1H3,(H,2,3,4)/p+1. The minimum Gasteiger partial charge on any atom is -0.391 e. The molecule has 0 aliphatic heterocycles. The summed E-state index contributed by atoms with van der Waals surface area (Å²) >= 11 is 0. The Labute approximate surface area is 80.1 Å². The fourth-order valence-electron chi connectivity index (χ4n) is 0.762. The molecule has 0 amide bonds. The lowest BCUT2D eigenvalue weighted by molar-refractivity contribution is -0.896. The van der Waals surface area contributed by atoms with Gasteiger partial charge in [0.15, 0.2) is 0 Å². The SMILES string of the molecule is CC[NH+](CC)CCO.CS(=O)(=O)O. The second-order valence-electron chi connectivity index (χ2n) is 2.66. The van der Waals surface area contributed by atoms with Crippen molar-refractivity contribution in [3.8, 4) is 0 Å². The number of aliphatic hydroxyl groups excluding tert-OH is 1. The van der Waals surface area contributed by atoms with Crippen LogP contribution in [-0.2, 0) is 10.1 Å². The van der Waals surface area contributed by atoms with Gasteiger partial charge in [-0.25, -0.2) is 0 Å². The van der Waals surface area contributed by atoms with E-state index in [-0.39, 0.29) is 0 Å². The second kappa shape index (κ2) is 8.43. The molecule has 0 radical (unpaired) electrons. The maximum atomic E-state index is 9.19. The molecule has 0 aliphatic rings. The van der Waals surface area contributed by atoms with Crippen molar-refractivity contribution in [2.45, 2.75) is 13.8 Å². The van der Waals surface area contributed by atoms with Crippen LogP contribution in [0.3, 0.4) is 0 Å². The molecule has 0 atom stereocenters. The summed E-state index contributed by atoms with van der Waals surface area (Å²) in [5.74, 6) is 0. The molecule has 0 aromatic heterocycles. The van der Waals surface area contributed by atoms with Crippen LogP contribution in [0.4, 0.5) is 0 Å². The summed E-state index contributed by atoms with van der Waals surface area (Å²) in [4.78, 5) is 1.47. The van der Waals surface area contributed by atoms with Gasteiger partial charge in [-0.2, -0.15) is 8.42 Å². The summed E-state index contributed by atoms with van der Waals surface area (Å²) in [5, 5.41) is 8.48. The predicted octanol–water partition coefficient (Wildman–Crippen LogP) is -1.59. The maximum Gasteiger partial charge on any atom is 0.261 e. The van der Waals surface area contributed by atoms with E-state index in [0.29, 0.717) is 12.9 Å². The number of aliphatic hydroxyl groups is 1. The van der Waals surface area contributed by atoms with Crippen molar-refractivity contribution < 1.29 is 23.0 Å². The molecular formula is C7H20NO4S+. The van der Waals surface area contributed by atoms with Crippen molar-refractivity contribution in [3.05, 3.63) is 0 Å². The van der Waals surface area contributed by atoms with Crippen LogP contribution < -0.4 is 4.90 Å². The summed E-state index contributed by atoms with van der Waals surface area (Å²) < 4.78 is 25.9. The third-order valence-corrected chi connectivity index (χ3v) is 1.47. The fraction of sp³-hybridized carbons (Fsp3) is 1.00. The van der Waals surface area contributed by atoms with Crippen LogP contribution in [-0.4, -0.2) is 50.6 Å². The lowest BCUT2D eigenvalue weighted by Gasteiger charge is -2.12. The van der Waals surface area contributed by atoms with Crippen LogP contribution >= 0.6 is 0 Å². The summed E-state index contributed by atoms with van der Waals surface area (Å²) in [7, 11) is -3.67. The highest BCUT2D eigenvalue weighted by atomic mass is 32.2. The Bertz CT molecular complexity index is 179. The Morgan fingerprint density at radius 3 is 1.62 bits per heavy atom. The zero-order chi connectivity index (χ0) is 10.9. The van der Waals surface area contributed by atoms with Crippen LogP contribution in [0.2, 0.25) is 0 Å². The zero-order valence-electron chi connectivity index (χ0n) is 8.45. The maximum absolute atomic E-state index is 9.19. The molecule has 0 aromatic rings. The minimum atomic E-state index is -3.67. The van der Waals surface area contributed by atoms with Crippen molar-refractivity contribution in [2.24, 2.45) is 0 Å². The van der Waals surface area contributed by atoms with Crippen LogP contribution in [0.25, 0.3) is 0 Å². The van der Waals surface area contributed by atoms with E-state index in [2.05, 4.69) is 13.8 Å². The van der Waals surface area contributed by atoms with Gasteiger partial charge in [0.25, 0.3) is 10.1 Å². The molecule has 0 unspecified atom stereocenters. The summed E-state index contributed by atoms with van der Waals surface area (Å²) in [6, 6.07) is 0. The molecule has 0 spiro atoms. The smallest absolute Gasteiger partial charge is 0.261 e. The van der Waals surface area contributed by atoms with E-state index in [1.165, 1.54) is 4.90 Å². The normalized spacial score (nSPS) is 10.9.